The fourth-order valence-corrected chi connectivity index (χ4v) is 1.96. The highest BCUT2D eigenvalue weighted by Crippen LogP contribution is 2.30. The lowest BCUT2D eigenvalue weighted by molar-refractivity contribution is -0.144. The molecule has 4 nitrogen and oxygen atoms in total. The fraction of sp³-hybridized carbons (Fsp3) is 0.667. The number of rotatable bonds is 3. The van der Waals surface area contributed by atoms with E-state index in [9.17, 15) is 9.59 Å². The molecule has 0 radical (unpaired) electrons. The predicted octanol–water partition coefficient (Wildman–Crippen LogP) is 1.28. The van der Waals surface area contributed by atoms with Gasteiger partial charge in [-0.3, -0.25) is 9.59 Å². The van der Waals surface area contributed by atoms with E-state index in [1.165, 1.54) is 12.8 Å². The molecule has 1 amide bonds. The standard InChI is InChI=1S/C12H17NO3/c14-11(4-3-9-1-2-9)13-7-5-10(6-8-13)12(15)16/h3-4,9-10H,1-2,5-8H2,(H,15,16)/b4-3+. The largest absolute Gasteiger partial charge is 0.481 e. The van der Waals surface area contributed by atoms with Crippen LogP contribution in [0.3, 0.4) is 0 Å². The number of allylic oxidation sites excluding steroid dienone is 1. The van der Waals surface area contributed by atoms with Gasteiger partial charge >= 0.3 is 5.97 Å². The van der Waals surface area contributed by atoms with E-state index in [2.05, 4.69) is 0 Å². The van der Waals surface area contributed by atoms with Crippen LogP contribution in [0.2, 0.25) is 0 Å². The second-order valence-electron chi connectivity index (χ2n) is 4.63. The second-order valence-corrected chi connectivity index (χ2v) is 4.63. The average Bonchev–Trinajstić information content (AvgIpc) is 3.10. The number of carboxylic acids is 1. The zero-order valence-electron chi connectivity index (χ0n) is 9.26. The number of hydrogen-bond donors (Lipinski definition) is 1. The van der Waals surface area contributed by atoms with Gasteiger partial charge in [-0.05, 0) is 37.7 Å². The average molecular weight is 223 g/mol. The van der Waals surface area contributed by atoms with Gasteiger partial charge in [0.15, 0.2) is 0 Å². The Morgan fingerprint density at radius 3 is 2.25 bits per heavy atom. The van der Waals surface area contributed by atoms with Crippen LogP contribution in [-0.2, 0) is 9.59 Å². The molecule has 1 N–H and O–H groups in total. The van der Waals surface area contributed by atoms with Gasteiger partial charge in [0.1, 0.15) is 0 Å². The molecule has 2 aliphatic rings. The van der Waals surface area contributed by atoms with Crippen LogP contribution < -0.4 is 0 Å². The number of hydrogen-bond acceptors (Lipinski definition) is 2. The minimum Gasteiger partial charge on any atom is -0.481 e. The van der Waals surface area contributed by atoms with E-state index in [0.29, 0.717) is 31.8 Å². The molecule has 0 bridgehead atoms. The molecule has 0 aromatic heterocycles. The zero-order valence-corrected chi connectivity index (χ0v) is 9.26. The lowest BCUT2D eigenvalue weighted by Crippen LogP contribution is -2.39. The molecule has 4 heteroatoms. The molecule has 2 fully saturated rings. The number of carbonyl (C=O) groups excluding carboxylic acids is 1. The molecule has 16 heavy (non-hydrogen) atoms. The quantitative estimate of drug-likeness (QED) is 0.733. The maximum atomic E-state index is 11.7. The van der Waals surface area contributed by atoms with Gasteiger partial charge in [0, 0.05) is 13.1 Å². The summed E-state index contributed by atoms with van der Waals surface area (Å²) in [4.78, 5) is 24.2. The Balaban J connectivity index is 1.79. The maximum Gasteiger partial charge on any atom is 0.306 e. The minimum absolute atomic E-state index is 0.0377. The maximum absolute atomic E-state index is 11.7. The number of carboxylic acid groups (broad SMARTS) is 1. The van der Waals surface area contributed by atoms with Crippen molar-refractivity contribution in [3.8, 4) is 0 Å². The first-order chi connectivity index (χ1) is 7.66. The summed E-state index contributed by atoms with van der Waals surface area (Å²) in [6, 6.07) is 0. The van der Waals surface area contributed by atoms with Crippen LogP contribution >= 0.6 is 0 Å². The molecule has 2 rings (SSSR count). The third-order valence-electron chi connectivity index (χ3n) is 3.29. The van der Waals surface area contributed by atoms with E-state index >= 15 is 0 Å². The summed E-state index contributed by atoms with van der Waals surface area (Å²) in [7, 11) is 0. The van der Waals surface area contributed by atoms with Crippen LogP contribution in [-0.4, -0.2) is 35.0 Å². The molecule has 0 spiro atoms. The van der Waals surface area contributed by atoms with Crippen molar-refractivity contribution in [1.29, 1.82) is 0 Å². The molecule has 1 aliphatic heterocycles. The minimum atomic E-state index is -0.736. The van der Waals surface area contributed by atoms with Crippen LogP contribution in [0.4, 0.5) is 0 Å². The van der Waals surface area contributed by atoms with E-state index in [-0.39, 0.29) is 11.8 Å². The van der Waals surface area contributed by atoms with Gasteiger partial charge in [-0.15, -0.1) is 0 Å². The highest BCUT2D eigenvalue weighted by Gasteiger charge is 2.26. The van der Waals surface area contributed by atoms with Gasteiger partial charge in [-0.2, -0.15) is 0 Å². The summed E-state index contributed by atoms with van der Waals surface area (Å²) in [5.74, 6) is -0.353. The van der Waals surface area contributed by atoms with Gasteiger partial charge in [0.2, 0.25) is 5.91 Å². The summed E-state index contributed by atoms with van der Waals surface area (Å²) in [5, 5.41) is 8.83. The van der Waals surface area contributed by atoms with Gasteiger partial charge in [-0.1, -0.05) is 6.08 Å². The monoisotopic (exact) mass is 223 g/mol. The smallest absolute Gasteiger partial charge is 0.306 e. The van der Waals surface area contributed by atoms with Crippen LogP contribution in [0.25, 0.3) is 0 Å². The normalized spacial score (nSPS) is 22.6. The topological polar surface area (TPSA) is 57.6 Å². The molecule has 88 valence electrons. The van der Waals surface area contributed by atoms with Crippen LogP contribution in [0.5, 0.6) is 0 Å². The van der Waals surface area contributed by atoms with Crippen LogP contribution in [0.15, 0.2) is 12.2 Å². The van der Waals surface area contributed by atoms with Crippen molar-refractivity contribution < 1.29 is 14.7 Å². The first-order valence-electron chi connectivity index (χ1n) is 5.86. The zero-order chi connectivity index (χ0) is 11.5. The lowest BCUT2D eigenvalue weighted by atomic mass is 9.97. The van der Waals surface area contributed by atoms with E-state index < -0.39 is 5.97 Å². The first-order valence-corrected chi connectivity index (χ1v) is 5.86. The number of aliphatic carboxylic acids is 1. The Labute approximate surface area is 94.9 Å². The van der Waals surface area contributed by atoms with Gasteiger partial charge in [-0.25, -0.2) is 0 Å². The summed E-state index contributed by atoms with van der Waals surface area (Å²) < 4.78 is 0. The van der Waals surface area contributed by atoms with E-state index in [1.807, 2.05) is 6.08 Å². The van der Waals surface area contributed by atoms with E-state index in [4.69, 9.17) is 5.11 Å². The van der Waals surface area contributed by atoms with E-state index in [1.54, 1.807) is 11.0 Å². The number of piperidine rings is 1. The van der Waals surface area contributed by atoms with Crippen LogP contribution in [0, 0.1) is 11.8 Å². The Morgan fingerprint density at radius 2 is 1.75 bits per heavy atom. The van der Waals surface area contributed by atoms with Gasteiger partial charge in [0.05, 0.1) is 5.92 Å². The molecular weight excluding hydrogens is 206 g/mol. The molecular formula is C12H17NO3. The Hall–Kier alpha value is -1.32. The Kier molecular flexibility index (Phi) is 3.27. The first kappa shape index (κ1) is 11.2. The molecule has 1 saturated carbocycles. The summed E-state index contributed by atoms with van der Waals surface area (Å²) >= 11 is 0. The van der Waals surface area contributed by atoms with E-state index in [0.717, 1.165) is 0 Å². The SMILES string of the molecule is O=C(O)C1CCN(C(=O)/C=C/C2CC2)CC1. The molecule has 1 aliphatic carbocycles. The summed E-state index contributed by atoms with van der Waals surface area (Å²) in [6.07, 6.45) is 7.19. The highest BCUT2D eigenvalue weighted by atomic mass is 16.4. The number of amides is 1. The molecule has 0 aromatic carbocycles. The van der Waals surface area contributed by atoms with Gasteiger partial charge < -0.3 is 10.0 Å². The highest BCUT2D eigenvalue weighted by molar-refractivity contribution is 5.87. The second kappa shape index (κ2) is 4.68. The van der Waals surface area contributed by atoms with Gasteiger partial charge in [0.25, 0.3) is 0 Å². The van der Waals surface area contributed by atoms with Crippen molar-refractivity contribution in [2.75, 3.05) is 13.1 Å². The van der Waals surface area contributed by atoms with Crippen molar-refractivity contribution in [1.82, 2.24) is 4.90 Å². The number of likely N-dealkylation sites (tertiary alicyclic amines) is 1. The third kappa shape index (κ3) is 2.84. The van der Waals surface area contributed by atoms with Crippen molar-refractivity contribution in [2.24, 2.45) is 11.8 Å². The number of carbonyl (C=O) groups is 2. The Bertz CT molecular complexity index is 312. The van der Waals surface area contributed by atoms with Crippen molar-refractivity contribution >= 4 is 11.9 Å². The fourth-order valence-electron chi connectivity index (χ4n) is 1.96. The molecule has 0 unspecified atom stereocenters. The summed E-state index contributed by atoms with van der Waals surface area (Å²) in [6.45, 7) is 1.15. The van der Waals surface area contributed by atoms with Crippen molar-refractivity contribution in [3.05, 3.63) is 12.2 Å². The van der Waals surface area contributed by atoms with Crippen molar-refractivity contribution in [2.45, 2.75) is 25.7 Å². The number of nitrogens with zero attached hydrogens (tertiary/aromatic N) is 1. The van der Waals surface area contributed by atoms with Crippen molar-refractivity contribution in [3.63, 3.8) is 0 Å². The molecule has 1 saturated heterocycles. The Morgan fingerprint density at radius 1 is 1.12 bits per heavy atom. The third-order valence-corrected chi connectivity index (χ3v) is 3.29. The molecule has 0 aromatic rings. The molecule has 0 atom stereocenters. The predicted molar refractivity (Wildman–Crippen MR) is 58.8 cm³/mol. The van der Waals surface area contributed by atoms with Crippen LogP contribution in [0.1, 0.15) is 25.7 Å². The summed E-state index contributed by atoms with van der Waals surface area (Å²) in [5.41, 5.74) is 0. The molecule has 1 heterocycles. The lowest BCUT2D eigenvalue weighted by Gasteiger charge is -2.29.